The summed E-state index contributed by atoms with van der Waals surface area (Å²) in [5.41, 5.74) is 0.348. The number of halogens is 1. The molecule has 7 heteroatoms. The van der Waals surface area contributed by atoms with Crippen LogP contribution in [0.3, 0.4) is 0 Å². The van der Waals surface area contributed by atoms with Crippen molar-refractivity contribution in [3.8, 4) is 11.5 Å². The van der Waals surface area contributed by atoms with Crippen LogP contribution in [-0.2, 0) is 10.0 Å². The first-order chi connectivity index (χ1) is 11.0. The number of hydrogen-bond donors (Lipinski definition) is 1. The van der Waals surface area contributed by atoms with Gasteiger partial charge in [-0.05, 0) is 50.2 Å². The molecule has 0 aliphatic carbocycles. The lowest BCUT2D eigenvalue weighted by molar-refractivity contribution is 0.332. The zero-order chi connectivity index (χ0) is 16.9. The first kappa shape index (κ1) is 17.6. The minimum absolute atomic E-state index is 0.171. The number of ether oxygens (including phenoxy) is 2. The third-order valence-corrected chi connectivity index (χ3v) is 4.84. The van der Waals surface area contributed by atoms with Gasteiger partial charge in [0, 0.05) is 10.5 Å². The molecule has 2 rings (SSSR count). The molecular weight excluding hydrogens is 382 g/mol. The zero-order valence-electron chi connectivity index (χ0n) is 12.9. The number of sulfonamides is 1. The van der Waals surface area contributed by atoms with Gasteiger partial charge in [0.2, 0.25) is 0 Å². The minimum Gasteiger partial charge on any atom is -0.494 e. The second-order valence-electron chi connectivity index (χ2n) is 4.58. The Labute approximate surface area is 144 Å². The molecule has 0 atom stereocenters. The van der Waals surface area contributed by atoms with Crippen molar-refractivity contribution in [2.24, 2.45) is 0 Å². The normalized spacial score (nSPS) is 11.1. The lowest BCUT2D eigenvalue weighted by atomic mass is 10.3. The highest BCUT2D eigenvalue weighted by atomic mass is 79.9. The lowest BCUT2D eigenvalue weighted by Crippen LogP contribution is -2.14. The topological polar surface area (TPSA) is 64.6 Å². The Kier molecular flexibility index (Phi) is 5.90. The maximum Gasteiger partial charge on any atom is 0.262 e. The fraction of sp³-hybridized carbons (Fsp3) is 0.250. The third kappa shape index (κ3) is 4.62. The molecule has 0 aliphatic rings. The van der Waals surface area contributed by atoms with Crippen LogP contribution in [0, 0.1) is 0 Å². The van der Waals surface area contributed by atoms with Gasteiger partial charge >= 0.3 is 0 Å². The van der Waals surface area contributed by atoms with E-state index in [1.165, 1.54) is 12.1 Å². The zero-order valence-corrected chi connectivity index (χ0v) is 15.3. The minimum atomic E-state index is -3.71. The molecule has 124 valence electrons. The van der Waals surface area contributed by atoms with E-state index in [1.54, 1.807) is 30.3 Å². The van der Waals surface area contributed by atoms with Crippen molar-refractivity contribution in [3.05, 3.63) is 46.9 Å². The molecule has 0 fully saturated rings. The number of rotatable bonds is 7. The van der Waals surface area contributed by atoms with Gasteiger partial charge < -0.3 is 9.47 Å². The lowest BCUT2D eigenvalue weighted by Gasteiger charge is -2.14. The highest BCUT2D eigenvalue weighted by molar-refractivity contribution is 9.10. The SMILES string of the molecule is CCOc1ccc(OCC)c(NS(=O)(=O)c2ccc(Br)cc2)c1. The summed E-state index contributed by atoms with van der Waals surface area (Å²) in [7, 11) is -3.71. The number of benzene rings is 2. The highest BCUT2D eigenvalue weighted by Crippen LogP contribution is 2.31. The summed E-state index contributed by atoms with van der Waals surface area (Å²) in [5.74, 6) is 1.03. The summed E-state index contributed by atoms with van der Waals surface area (Å²) in [6.45, 7) is 4.62. The van der Waals surface area contributed by atoms with E-state index in [0.29, 0.717) is 30.4 Å². The molecule has 0 spiro atoms. The molecule has 23 heavy (non-hydrogen) atoms. The van der Waals surface area contributed by atoms with Gasteiger partial charge in [-0.1, -0.05) is 15.9 Å². The first-order valence-electron chi connectivity index (χ1n) is 7.14. The Morgan fingerprint density at radius 3 is 2.26 bits per heavy atom. The predicted molar refractivity (Wildman–Crippen MR) is 93.7 cm³/mol. The molecule has 0 bridgehead atoms. The number of nitrogens with one attached hydrogen (secondary N) is 1. The summed E-state index contributed by atoms with van der Waals surface area (Å²) < 4.78 is 39.3. The molecule has 0 radical (unpaired) electrons. The monoisotopic (exact) mass is 399 g/mol. The van der Waals surface area contributed by atoms with Crippen LogP contribution in [0.25, 0.3) is 0 Å². The van der Waals surface area contributed by atoms with Gasteiger partial charge in [-0.15, -0.1) is 0 Å². The van der Waals surface area contributed by atoms with Crippen molar-refractivity contribution in [3.63, 3.8) is 0 Å². The fourth-order valence-electron chi connectivity index (χ4n) is 1.94. The van der Waals surface area contributed by atoms with Crippen molar-refractivity contribution in [1.29, 1.82) is 0 Å². The average molecular weight is 400 g/mol. The van der Waals surface area contributed by atoms with Gasteiger partial charge in [0.15, 0.2) is 0 Å². The Morgan fingerprint density at radius 1 is 1.00 bits per heavy atom. The van der Waals surface area contributed by atoms with Crippen LogP contribution >= 0.6 is 15.9 Å². The molecule has 5 nitrogen and oxygen atoms in total. The van der Waals surface area contributed by atoms with E-state index in [-0.39, 0.29) is 4.90 Å². The summed E-state index contributed by atoms with van der Waals surface area (Å²) in [6, 6.07) is 11.5. The van der Waals surface area contributed by atoms with Crippen LogP contribution in [0.15, 0.2) is 51.8 Å². The van der Waals surface area contributed by atoms with Crippen LogP contribution in [0.4, 0.5) is 5.69 Å². The van der Waals surface area contributed by atoms with Crippen LogP contribution in [-0.4, -0.2) is 21.6 Å². The Balaban J connectivity index is 2.36. The van der Waals surface area contributed by atoms with Gasteiger partial charge in [0.1, 0.15) is 11.5 Å². The smallest absolute Gasteiger partial charge is 0.262 e. The summed E-state index contributed by atoms with van der Waals surface area (Å²) in [5, 5.41) is 0. The van der Waals surface area contributed by atoms with Crippen molar-refractivity contribution in [2.75, 3.05) is 17.9 Å². The predicted octanol–water partition coefficient (Wildman–Crippen LogP) is 4.05. The Bertz CT molecular complexity index is 760. The molecule has 2 aromatic carbocycles. The van der Waals surface area contributed by atoms with Crippen LogP contribution in [0.2, 0.25) is 0 Å². The van der Waals surface area contributed by atoms with E-state index < -0.39 is 10.0 Å². The van der Waals surface area contributed by atoms with Crippen LogP contribution in [0.5, 0.6) is 11.5 Å². The maximum atomic E-state index is 12.5. The van der Waals surface area contributed by atoms with Gasteiger partial charge in [0.25, 0.3) is 10.0 Å². The van der Waals surface area contributed by atoms with Crippen LogP contribution < -0.4 is 14.2 Å². The van der Waals surface area contributed by atoms with Gasteiger partial charge in [0.05, 0.1) is 23.8 Å². The summed E-state index contributed by atoms with van der Waals surface area (Å²) in [6.07, 6.45) is 0. The molecule has 0 aliphatic heterocycles. The fourth-order valence-corrected chi connectivity index (χ4v) is 3.27. The van der Waals surface area contributed by atoms with Gasteiger partial charge in [-0.25, -0.2) is 8.42 Å². The van der Waals surface area contributed by atoms with Crippen molar-refractivity contribution in [2.45, 2.75) is 18.7 Å². The van der Waals surface area contributed by atoms with Crippen molar-refractivity contribution >= 4 is 31.6 Å². The van der Waals surface area contributed by atoms with E-state index in [1.807, 2.05) is 13.8 Å². The molecule has 0 saturated heterocycles. The molecule has 1 N–H and O–H groups in total. The Morgan fingerprint density at radius 2 is 1.65 bits per heavy atom. The number of anilines is 1. The van der Waals surface area contributed by atoms with E-state index in [9.17, 15) is 8.42 Å². The molecule has 0 aromatic heterocycles. The summed E-state index contributed by atoms with van der Waals surface area (Å²) >= 11 is 3.29. The molecule has 0 saturated carbocycles. The maximum absolute atomic E-state index is 12.5. The van der Waals surface area contributed by atoms with E-state index in [0.717, 1.165) is 4.47 Å². The molecular formula is C16H18BrNO4S. The second kappa shape index (κ2) is 7.70. The third-order valence-electron chi connectivity index (χ3n) is 2.93. The molecule has 0 amide bonds. The van der Waals surface area contributed by atoms with E-state index >= 15 is 0 Å². The van der Waals surface area contributed by atoms with Gasteiger partial charge in [-0.3, -0.25) is 4.72 Å². The molecule has 0 unspecified atom stereocenters. The standard InChI is InChI=1S/C16H18BrNO4S/c1-3-21-13-7-10-16(22-4-2)15(11-13)18-23(19,20)14-8-5-12(17)6-9-14/h5-11,18H,3-4H2,1-2H3. The number of hydrogen-bond acceptors (Lipinski definition) is 4. The highest BCUT2D eigenvalue weighted by Gasteiger charge is 2.17. The van der Waals surface area contributed by atoms with Gasteiger partial charge in [-0.2, -0.15) is 0 Å². The van der Waals surface area contributed by atoms with E-state index in [4.69, 9.17) is 9.47 Å². The van der Waals surface area contributed by atoms with Crippen molar-refractivity contribution in [1.82, 2.24) is 0 Å². The van der Waals surface area contributed by atoms with E-state index in [2.05, 4.69) is 20.7 Å². The molecule has 2 aromatic rings. The summed E-state index contributed by atoms with van der Waals surface area (Å²) in [4.78, 5) is 0.171. The largest absolute Gasteiger partial charge is 0.494 e. The first-order valence-corrected chi connectivity index (χ1v) is 9.42. The average Bonchev–Trinajstić information content (AvgIpc) is 2.50. The molecule has 0 heterocycles. The quantitative estimate of drug-likeness (QED) is 0.762. The second-order valence-corrected chi connectivity index (χ2v) is 7.18. The van der Waals surface area contributed by atoms with Crippen LogP contribution in [0.1, 0.15) is 13.8 Å². The Hall–Kier alpha value is -1.73. The van der Waals surface area contributed by atoms with Crippen molar-refractivity contribution < 1.29 is 17.9 Å².